The second kappa shape index (κ2) is 8.46. The normalized spacial score (nSPS) is 11.3. The second-order valence-electron chi connectivity index (χ2n) is 7.89. The molecule has 33 heavy (non-hydrogen) atoms. The lowest BCUT2D eigenvalue weighted by atomic mass is 10.2. The van der Waals surface area contributed by atoms with E-state index in [1.807, 2.05) is 44.2 Å². The molecule has 7 nitrogen and oxygen atoms in total. The van der Waals surface area contributed by atoms with Gasteiger partial charge in [-0.1, -0.05) is 17.7 Å². The van der Waals surface area contributed by atoms with Crippen molar-refractivity contribution in [1.82, 2.24) is 24.5 Å². The number of nitrogens with zero attached hydrogens (tertiary/aromatic N) is 5. The van der Waals surface area contributed by atoms with Crippen molar-refractivity contribution in [2.75, 3.05) is 5.32 Å². The smallest absolute Gasteiger partial charge is 0.276 e. The number of thiazole rings is 1. The highest BCUT2D eigenvalue weighted by Gasteiger charge is 2.13. The van der Waals surface area contributed by atoms with Crippen LogP contribution in [0.5, 0.6) is 0 Å². The number of aromatic nitrogens is 5. The molecule has 0 saturated heterocycles. The van der Waals surface area contributed by atoms with Gasteiger partial charge in [0.25, 0.3) is 5.91 Å². The zero-order valence-electron chi connectivity index (χ0n) is 18.3. The molecule has 0 fully saturated rings. The Labute approximate surface area is 199 Å². The Morgan fingerprint density at radius 1 is 1.06 bits per heavy atom. The maximum Gasteiger partial charge on any atom is 0.276 e. The molecule has 9 heteroatoms. The van der Waals surface area contributed by atoms with E-state index in [1.54, 1.807) is 33.0 Å². The Kier molecular flexibility index (Phi) is 5.47. The van der Waals surface area contributed by atoms with Crippen LogP contribution in [0.3, 0.4) is 0 Å². The van der Waals surface area contributed by atoms with Crippen molar-refractivity contribution in [3.05, 3.63) is 82.4 Å². The predicted octanol–water partition coefficient (Wildman–Crippen LogP) is 5.69. The van der Waals surface area contributed by atoms with Gasteiger partial charge in [0, 0.05) is 17.4 Å². The van der Waals surface area contributed by atoms with Crippen LogP contribution in [0.15, 0.2) is 54.7 Å². The zero-order valence-corrected chi connectivity index (χ0v) is 19.9. The Morgan fingerprint density at radius 3 is 2.58 bits per heavy atom. The van der Waals surface area contributed by atoms with Gasteiger partial charge in [-0.3, -0.25) is 9.48 Å². The van der Waals surface area contributed by atoms with E-state index in [0.29, 0.717) is 23.1 Å². The van der Waals surface area contributed by atoms with Gasteiger partial charge >= 0.3 is 0 Å². The van der Waals surface area contributed by atoms with Crippen molar-refractivity contribution >= 4 is 44.7 Å². The molecule has 0 saturated carbocycles. The zero-order chi connectivity index (χ0) is 23.1. The lowest BCUT2D eigenvalue weighted by Crippen LogP contribution is -2.15. The van der Waals surface area contributed by atoms with Crippen molar-refractivity contribution in [2.45, 2.75) is 27.4 Å². The Hall–Kier alpha value is -3.49. The summed E-state index contributed by atoms with van der Waals surface area (Å²) in [6.45, 7) is 6.22. The number of carbonyl (C=O) groups is 1. The van der Waals surface area contributed by atoms with Gasteiger partial charge in [0.2, 0.25) is 0 Å². The van der Waals surface area contributed by atoms with Crippen LogP contribution in [-0.2, 0) is 6.67 Å². The largest absolute Gasteiger partial charge is 0.321 e. The summed E-state index contributed by atoms with van der Waals surface area (Å²) < 4.78 is 4.58. The third-order valence-electron chi connectivity index (χ3n) is 5.38. The molecule has 0 radical (unpaired) electrons. The molecule has 0 aliphatic heterocycles. The molecule has 166 valence electrons. The van der Waals surface area contributed by atoms with Crippen LogP contribution in [0.2, 0.25) is 5.02 Å². The number of hydrogen-bond donors (Lipinski definition) is 1. The topological polar surface area (TPSA) is 77.6 Å². The molecule has 0 aliphatic rings. The first kappa shape index (κ1) is 21.4. The molecule has 3 heterocycles. The summed E-state index contributed by atoms with van der Waals surface area (Å²) in [5.41, 5.74) is 5.88. The van der Waals surface area contributed by atoms with Crippen LogP contribution >= 0.6 is 22.9 Å². The van der Waals surface area contributed by atoms with Crippen molar-refractivity contribution in [3.8, 4) is 10.6 Å². The minimum atomic E-state index is -0.275. The van der Waals surface area contributed by atoms with Gasteiger partial charge in [0.05, 0.1) is 26.6 Å². The molecule has 1 N–H and O–H groups in total. The summed E-state index contributed by atoms with van der Waals surface area (Å²) >= 11 is 7.87. The first-order valence-electron chi connectivity index (χ1n) is 10.4. The number of halogens is 1. The summed E-state index contributed by atoms with van der Waals surface area (Å²) in [4.78, 5) is 17.4. The maximum absolute atomic E-state index is 12.7. The van der Waals surface area contributed by atoms with Crippen molar-refractivity contribution in [3.63, 3.8) is 0 Å². The quantitative estimate of drug-likeness (QED) is 0.353. The predicted molar refractivity (Wildman–Crippen MR) is 132 cm³/mol. The molecular weight excluding hydrogens is 456 g/mol. The van der Waals surface area contributed by atoms with Crippen molar-refractivity contribution in [1.29, 1.82) is 0 Å². The Balaban J connectivity index is 1.27. The minimum absolute atomic E-state index is 0.275. The van der Waals surface area contributed by atoms with Gasteiger partial charge in [-0.25, -0.2) is 9.67 Å². The van der Waals surface area contributed by atoms with Gasteiger partial charge in [-0.05, 0) is 68.8 Å². The van der Waals surface area contributed by atoms with Crippen LogP contribution in [0.25, 0.3) is 20.8 Å². The fraction of sp³-hybridized carbons (Fsp3) is 0.167. The van der Waals surface area contributed by atoms with E-state index in [9.17, 15) is 4.79 Å². The van der Waals surface area contributed by atoms with E-state index in [1.165, 1.54) is 10.3 Å². The Bertz CT molecular complexity index is 1480. The molecular formula is C24H21ClN6OS. The average molecular weight is 477 g/mol. The lowest BCUT2D eigenvalue weighted by Gasteiger charge is -2.05. The number of amides is 1. The Morgan fingerprint density at radius 2 is 1.85 bits per heavy atom. The van der Waals surface area contributed by atoms with E-state index < -0.39 is 0 Å². The van der Waals surface area contributed by atoms with E-state index in [0.717, 1.165) is 27.5 Å². The molecule has 3 aromatic heterocycles. The van der Waals surface area contributed by atoms with E-state index >= 15 is 0 Å². The molecule has 0 unspecified atom stereocenters. The van der Waals surface area contributed by atoms with Crippen LogP contribution in [-0.4, -0.2) is 30.5 Å². The van der Waals surface area contributed by atoms with Crippen LogP contribution in [0.4, 0.5) is 5.69 Å². The van der Waals surface area contributed by atoms with Crippen LogP contribution in [0.1, 0.15) is 27.4 Å². The SMILES string of the molecule is Cc1ccc2nc(-c3ccc(NC(=O)c4ccn(Cn5nc(C)c(Cl)c5C)n4)cc3)sc2c1. The summed E-state index contributed by atoms with van der Waals surface area (Å²) in [6, 6.07) is 15.6. The molecule has 1 amide bonds. The number of hydrogen-bond acceptors (Lipinski definition) is 5. The van der Waals surface area contributed by atoms with Gasteiger partial charge in [-0.2, -0.15) is 10.2 Å². The number of anilines is 1. The maximum atomic E-state index is 12.7. The lowest BCUT2D eigenvalue weighted by molar-refractivity contribution is 0.102. The molecule has 5 aromatic rings. The second-order valence-corrected chi connectivity index (χ2v) is 9.30. The monoisotopic (exact) mass is 476 g/mol. The molecule has 2 aromatic carbocycles. The number of benzene rings is 2. The highest BCUT2D eigenvalue weighted by Crippen LogP contribution is 2.31. The average Bonchev–Trinajstić information content (AvgIpc) is 3.50. The summed E-state index contributed by atoms with van der Waals surface area (Å²) in [7, 11) is 0. The first-order valence-corrected chi connectivity index (χ1v) is 11.6. The highest BCUT2D eigenvalue weighted by molar-refractivity contribution is 7.21. The van der Waals surface area contributed by atoms with E-state index in [-0.39, 0.29) is 5.91 Å². The number of fused-ring (bicyclic) bond motifs is 1. The molecule has 0 spiro atoms. The third-order valence-corrected chi connectivity index (χ3v) is 6.99. The van der Waals surface area contributed by atoms with Crippen LogP contribution < -0.4 is 5.32 Å². The van der Waals surface area contributed by atoms with Crippen molar-refractivity contribution < 1.29 is 4.79 Å². The number of aryl methyl sites for hydroxylation is 2. The number of rotatable bonds is 5. The number of carbonyl (C=O) groups excluding carboxylic acids is 1. The van der Waals surface area contributed by atoms with E-state index in [4.69, 9.17) is 16.6 Å². The van der Waals surface area contributed by atoms with Crippen LogP contribution in [0, 0.1) is 20.8 Å². The minimum Gasteiger partial charge on any atom is -0.321 e. The fourth-order valence-electron chi connectivity index (χ4n) is 3.56. The highest BCUT2D eigenvalue weighted by atomic mass is 35.5. The first-order chi connectivity index (χ1) is 15.9. The van der Waals surface area contributed by atoms with Crippen molar-refractivity contribution in [2.24, 2.45) is 0 Å². The third kappa shape index (κ3) is 4.27. The molecule has 5 rings (SSSR count). The van der Waals surface area contributed by atoms with E-state index in [2.05, 4.69) is 34.6 Å². The number of nitrogens with one attached hydrogen (secondary N) is 1. The van der Waals surface area contributed by atoms with Gasteiger partial charge in [-0.15, -0.1) is 11.3 Å². The van der Waals surface area contributed by atoms with Gasteiger partial charge < -0.3 is 5.32 Å². The standard InChI is InChI=1S/C24H21ClN6OS/c1-14-4-9-19-21(12-14)33-24(27-19)17-5-7-18(8-6-17)26-23(32)20-10-11-30(29-20)13-31-16(3)22(25)15(2)28-31/h4-12H,13H2,1-3H3,(H,26,32). The molecule has 0 atom stereocenters. The van der Waals surface area contributed by atoms with Gasteiger partial charge in [0.1, 0.15) is 11.7 Å². The fourth-order valence-corrected chi connectivity index (χ4v) is 4.76. The molecule has 0 aliphatic carbocycles. The summed E-state index contributed by atoms with van der Waals surface area (Å²) in [5.74, 6) is -0.275. The molecule has 0 bridgehead atoms. The summed E-state index contributed by atoms with van der Waals surface area (Å²) in [6.07, 6.45) is 1.75. The summed E-state index contributed by atoms with van der Waals surface area (Å²) in [5, 5.41) is 13.3. The van der Waals surface area contributed by atoms with Gasteiger partial charge in [0.15, 0.2) is 5.69 Å².